The molecule has 1 aliphatic heterocycles. The number of benzene rings is 2. The van der Waals surface area contributed by atoms with Crippen LogP contribution in [0.2, 0.25) is 0 Å². The predicted octanol–water partition coefficient (Wildman–Crippen LogP) is 4.21. The van der Waals surface area contributed by atoms with E-state index in [1.165, 1.54) is 10.5 Å². The average Bonchev–Trinajstić information content (AvgIpc) is 3.63. The molecule has 2 bridgehead atoms. The molecule has 174 valence electrons. The number of amides is 2. The van der Waals surface area contributed by atoms with Crippen molar-refractivity contribution >= 4 is 17.8 Å². The first kappa shape index (κ1) is 21.3. The fraction of sp³-hybridized carbons (Fsp3) is 0.414. The van der Waals surface area contributed by atoms with Crippen molar-refractivity contribution in [2.75, 3.05) is 0 Å². The Bertz CT molecular complexity index is 1120. The summed E-state index contributed by atoms with van der Waals surface area (Å²) < 4.78 is 5.74. The Labute approximate surface area is 199 Å². The van der Waals surface area contributed by atoms with Gasteiger partial charge in [-0.2, -0.15) is 0 Å². The minimum atomic E-state index is -0.973. The molecule has 3 fully saturated rings. The molecule has 5 aliphatic rings. The Hall–Kier alpha value is -3.21. The highest BCUT2D eigenvalue weighted by Gasteiger charge is 2.68. The van der Waals surface area contributed by atoms with E-state index in [4.69, 9.17) is 4.74 Å². The second-order valence-corrected chi connectivity index (χ2v) is 10.2. The SMILES string of the molecule is CCCc1ccc(OC(=O)[C@@H](Cc2ccccc2)N2C(=O)[C@H]3[C@@H]4C=C[C@H]([C@H]5C[C@H]45)[C@@H]3C2=O)cc1. The number of allylic oxidation sites excluding steroid dienone is 2. The van der Waals surface area contributed by atoms with E-state index < -0.39 is 12.0 Å². The number of hydrogen-bond donors (Lipinski definition) is 0. The topological polar surface area (TPSA) is 63.7 Å². The molecule has 4 aliphatic carbocycles. The maximum atomic E-state index is 13.7. The quantitative estimate of drug-likeness (QED) is 0.272. The van der Waals surface area contributed by atoms with Crippen molar-refractivity contribution in [1.29, 1.82) is 0 Å². The molecule has 0 spiro atoms. The van der Waals surface area contributed by atoms with Crippen LogP contribution in [0.4, 0.5) is 0 Å². The second-order valence-electron chi connectivity index (χ2n) is 10.2. The average molecular weight is 456 g/mol. The van der Waals surface area contributed by atoms with Gasteiger partial charge in [-0.25, -0.2) is 4.79 Å². The molecule has 0 N–H and O–H groups in total. The summed E-state index contributed by atoms with van der Waals surface area (Å²) in [6.07, 6.45) is 7.66. The lowest BCUT2D eigenvalue weighted by atomic mass is 9.63. The highest BCUT2D eigenvalue weighted by molar-refractivity contribution is 6.09. The number of esters is 1. The molecule has 0 aromatic heterocycles. The van der Waals surface area contributed by atoms with E-state index in [0.29, 0.717) is 17.6 Å². The first-order chi connectivity index (χ1) is 16.6. The Kier molecular flexibility index (Phi) is 5.16. The van der Waals surface area contributed by atoms with Crippen LogP contribution in [0, 0.1) is 35.5 Å². The van der Waals surface area contributed by atoms with Crippen LogP contribution in [0.5, 0.6) is 5.75 Å². The third-order valence-electron chi connectivity index (χ3n) is 8.23. The highest BCUT2D eigenvalue weighted by Crippen LogP contribution is 2.65. The fourth-order valence-corrected chi connectivity index (χ4v) is 6.60. The van der Waals surface area contributed by atoms with E-state index in [-0.39, 0.29) is 41.9 Å². The normalized spacial score (nSPS) is 31.3. The maximum Gasteiger partial charge on any atom is 0.335 e. The van der Waals surface area contributed by atoms with Gasteiger partial charge in [0, 0.05) is 6.42 Å². The molecule has 5 nitrogen and oxygen atoms in total. The van der Waals surface area contributed by atoms with Crippen molar-refractivity contribution in [3.05, 3.63) is 77.9 Å². The Balaban J connectivity index is 1.29. The lowest BCUT2D eigenvalue weighted by Gasteiger charge is -2.37. The highest BCUT2D eigenvalue weighted by atomic mass is 16.5. The van der Waals surface area contributed by atoms with Gasteiger partial charge in [0.15, 0.2) is 0 Å². The van der Waals surface area contributed by atoms with Gasteiger partial charge in [-0.1, -0.05) is 68.0 Å². The van der Waals surface area contributed by atoms with Crippen molar-refractivity contribution in [3.8, 4) is 5.75 Å². The summed E-state index contributed by atoms with van der Waals surface area (Å²) in [5.41, 5.74) is 2.07. The van der Waals surface area contributed by atoms with E-state index in [1.807, 2.05) is 42.5 Å². The van der Waals surface area contributed by atoms with Gasteiger partial charge in [-0.15, -0.1) is 0 Å². The molecule has 2 saturated carbocycles. The van der Waals surface area contributed by atoms with Gasteiger partial charge in [-0.3, -0.25) is 14.5 Å². The van der Waals surface area contributed by atoms with E-state index in [9.17, 15) is 14.4 Å². The number of hydrogen-bond acceptors (Lipinski definition) is 4. The van der Waals surface area contributed by atoms with Crippen molar-refractivity contribution in [2.24, 2.45) is 35.5 Å². The second kappa shape index (κ2) is 8.23. The van der Waals surface area contributed by atoms with Gasteiger partial charge in [0.25, 0.3) is 0 Å². The smallest absolute Gasteiger partial charge is 0.335 e. The van der Waals surface area contributed by atoms with E-state index in [0.717, 1.165) is 24.8 Å². The standard InChI is InChI=1S/C29H29NO4/c1-2-6-17-9-11-19(12-10-17)34-29(33)24(15-18-7-4-3-5-8-18)30-27(31)25-20-13-14-21(23-16-22(20)23)26(25)28(30)32/h3-5,7-14,20-26H,2,6,15-16H2,1H3/t20-,21-,22-,23-,24-,25+,26+/m1/s1. The van der Waals surface area contributed by atoms with Crippen LogP contribution in [0.1, 0.15) is 30.9 Å². The van der Waals surface area contributed by atoms with Crippen LogP contribution < -0.4 is 4.74 Å². The molecule has 7 rings (SSSR count). The fourth-order valence-electron chi connectivity index (χ4n) is 6.60. The Morgan fingerprint density at radius 2 is 1.53 bits per heavy atom. The molecule has 34 heavy (non-hydrogen) atoms. The summed E-state index contributed by atoms with van der Waals surface area (Å²) in [7, 11) is 0. The maximum absolute atomic E-state index is 13.7. The molecular weight excluding hydrogens is 426 g/mol. The minimum Gasteiger partial charge on any atom is -0.425 e. The summed E-state index contributed by atoms with van der Waals surface area (Å²) in [5.74, 6) is 0.119. The predicted molar refractivity (Wildman–Crippen MR) is 127 cm³/mol. The van der Waals surface area contributed by atoms with E-state index in [2.05, 4.69) is 19.1 Å². The number of nitrogens with zero attached hydrogens (tertiary/aromatic N) is 1. The van der Waals surface area contributed by atoms with Crippen molar-refractivity contribution in [2.45, 2.75) is 38.6 Å². The monoisotopic (exact) mass is 455 g/mol. The van der Waals surface area contributed by atoms with Crippen molar-refractivity contribution in [1.82, 2.24) is 4.90 Å². The molecule has 2 amide bonds. The molecule has 5 heteroatoms. The molecule has 2 aromatic carbocycles. The minimum absolute atomic E-state index is 0.126. The Morgan fingerprint density at radius 3 is 2.12 bits per heavy atom. The summed E-state index contributed by atoms with van der Waals surface area (Å²) in [6, 6.07) is 16.0. The zero-order valence-corrected chi connectivity index (χ0v) is 19.3. The molecule has 1 heterocycles. The van der Waals surface area contributed by atoms with Crippen LogP contribution in [-0.2, 0) is 27.2 Å². The van der Waals surface area contributed by atoms with Gasteiger partial charge in [-0.05, 0) is 59.8 Å². The van der Waals surface area contributed by atoms with E-state index in [1.54, 1.807) is 12.1 Å². The largest absolute Gasteiger partial charge is 0.425 e. The number of aryl methyl sites for hydroxylation is 1. The van der Waals surface area contributed by atoms with Crippen LogP contribution >= 0.6 is 0 Å². The van der Waals surface area contributed by atoms with Crippen molar-refractivity contribution < 1.29 is 19.1 Å². The molecule has 2 aromatic rings. The zero-order chi connectivity index (χ0) is 23.4. The molecule has 0 radical (unpaired) electrons. The first-order valence-electron chi connectivity index (χ1n) is 12.5. The van der Waals surface area contributed by atoms with Gasteiger partial charge < -0.3 is 4.74 Å². The summed E-state index contributed by atoms with van der Waals surface area (Å²) in [4.78, 5) is 42.1. The third-order valence-corrected chi connectivity index (χ3v) is 8.23. The first-order valence-corrected chi connectivity index (χ1v) is 12.5. The molecule has 0 unspecified atom stereocenters. The van der Waals surface area contributed by atoms with Crippen LogP contribution in [-0.4, -0.2) is 28.7 Å². The summed E-state index contributed by atoms with van der Waals surface area (Å²) in [5, 5.41) is 0. The number of rotatable bonds is 7. The van der Waals surface area contributed by atoms with Gasteiger partial charge in [0.05, 0.1) is 11.8 Å². The van der Waals surface area contributed by atoms with Gasteiger partial charge in [0.2, 0.25) is 11.8 Å². The van der Waals surface area contributed by atoms with Gasteiger partial charge >= 0.3 is 5.97 Å². The zero-order valence-electron chi connectivity index (χ0n) is 19.3. The Morgan fingerprint density at radius 1 is 0.912 bits per heavy atom. The summed E-state index contributed by atoms with van der Waals surface area (Å²) >= 11 is 0. The van der Waals surface area contributed by atoms with Crippen LogP contribution in [0.3, 0.4) is 0 Å². The summed E-state index contributed by atoms with van der Waals surface area (Å²) in [6.45, 7) is 2.12. The van der Waals surface area contributed by atoms with Crippen LogP contribution in [0.25, 0.3) is 0 Å². The number of carbonyl (C=O) groups excluding carboxylic acids is 3. The lowest BCUT2D eigenvalue weighted by Crippen LogP contribution is -2.48. The lowest BCUT2D eigenvalue weighted by molar-refractivity contribution is -0.153. The molecule has 7 atom stereocenters. The van der Waals surface area contributed by atoms with Gasteiger partial charge in [0.1, 0.15) is 11.8 Å². The van der Waals surface area contributed by atoms with E-state index >= 15 is 0 Å². The number of likely N-dealkylation sites (tertiary alicyclic amines) is 1. The van der Waals surface area contributed by atoms with Crippen LogP contribution in [0.15, 0.2) is 66.7 Å². The number of ether oxygens (including phenoxy) is 1. The third kappa shape index (κ3) is 3.41. The number of carbonyl (C=O) groups is 3. The molecular formula is C29H29NO4. The molecule has 1 saturated heterocycles. The number of imide groups is 1. The van der Waals surface area contributed by atoms with Crippen molar-refractivity contribution in [3.63, 3.8) is 0 Å².